The van der Waals surface area contributed by atoms with Crippen molar-refractivity contribution in [2.45, 2.75) is 116 Å². The number of carbonyl (C=O) groups is 5. The number of amides is 4. The van der Waals surface area contributed by atoms with Gasteiger partial charge in [-0.25, -0.2) is 19.6 Å². The number of aliphatic carboxylic acids is 1. The molecule has 16 nitrogen and oxygen atoms in total. The maximum Gasteiger partial charge on any atom is 0.407 e. The van der Waals surface area contributed by atoms with Crippen molar-refractivity contribution in [3.05, 3.63) is 77.2 Å². The lowest BCUT2D eigenvalue weighted by molar-refractivity contribution is -0.145. The molecule has 1 saturated carbocycles. The van der Waals surface area contributed by atoms with Gasteiger partial charge < -0.3 is 45.1 Å². The zero-order valence-electron chi connectivity index (χ0n) is 39.4. The molecule has 0 spiro atoms. The Bertz CT molecular complexity index is 2500. The Hall–Kier alpha value is -6.23. The van der Waals surface area contributed by atoms with E-state index in [1.165, 1.54) is 16.2 Å². The SMILES string of the molecule is CCCCC/C=C\C1C[C@]1(NC(=O)[C@@H]1CC(Oc2cc(-c3csc(NC(C)C)n3)nc3cc(OC)ccc23)CN1C(=O)CNC(=O)O[C@H](CN1CCc2ccccc2C1=O)C(C)(C)C)C(=O)O. The summed E-state index contributed by atoms with van der Waals surface area (Å²) in [6.07, 6.45) is 6.38. The van der Waals surface area contributed by atoms with E-state index in [1.54, 1.807) is 36.3 Å². The Labute approximate surface area is 395 Å². The van der Waals surface area contributed by atoms with Gasteiger partial charge in [-0.3, -0.25) is 14.4 Å². The van der Waals surface area contributed by atoms with Crippen LogP contribution in [0.15, 0.2) is 66.1 Å². The number of likely N-dealkylation sites (tertiary alicyclic amines) is 1. The number of anilines is 1. The fourth-order valence-corrected chi connectivity index (χ4v) is 9.47. The highest BCUT2D eigenvalue weighted by Gasteiger charge is 2.61. The fourth-order valence-electron chi connectivity index (χ4n) is 8.62. The molecule has 4 aromatic rings. The molecule has 17 heteroatoms. The number of carboxylic acid groups (broad SMARTS) is 1. The van der Waals surface area contributed by atoms with Crippen LogP contribution in [0, 0.1) is 11.3 Å². The number of rotatable bonds is 19. The molecular weight excluding hydrogens is 875 g/mol. The van der Waals surface area contributed by atoms with Gasteiger partial charge in [-0.15, -0.1) is 11.3 Å². The first-order valence-corrected chi connectivity index (χ1v) is 24.1. The zero-order valence-corrected chi connectivity index (χ0v) is 40.2. The van der Waals surface area contributed by atoms with Crippen molar-refractivity contribution in [1.29, 1.82) is 0 Å². The monoisotopic (exact) mass is 937 g/mol. The molecule has 0 radical (unpaired) electrons. The van der Waals surface area contributed by atoms with Crippen LogP contribution >= 0.6 is 11.3 Å². The van der Waals surface area contributed by atoms with Crippen LogP contribution in [0.3, 0.4) is 0 Å². The van der Waals surface area contributed by atoms with Crippen LogP contribution in [0.4, 0.5) is 9.93 Å². The molecule has 0 bridgehead atoms. The smallest absolute Gasteiger partial charge is 0.407 e. The lowest BCUT2D eigenvalue weighted by atomic mass is 9.88. The molecule has 2 fully saturated rings. The van der Waals surface area contributed by atoms with Crippen LogP contribution in [0.2, 0.25) is 0 Å². The van der Waals surface area contributed by atoms with Crippen molar-refractivity contribution in [2.75, 3.05) is 38.6 Å². The van der Waals surface area contributed by atoms with E-state index in [0.717, 1.165) is 36.4 Å². The van der Waals surface area contributed by atoms with Crippen LogP contribution in [-0.2, 0) is 25.5 Å². The third kappa shape index (κ3) is 11.5. The molecular formula is C50H63N7O9S. The minimum Gasteiger partial charge on any atom is -0.497 e. The Balaban J connectivity index is 1.10. The summed E-state index contributed by atoms with van der Waals surface area (Å²) >= 11 is 1.45. The largest absolute Gasteiger partial charge is 0.497 e. The Morgan fingerprint density at radius 2 is 1.85 bits per heavy atom. The molecule has 1 aliphatic carbocycles. The average Bonchev–Trinajstić information content (AvgIpc) is 3.55. The molecule has 4 heterocycles. The van der Waals surface area contributed by atoms with Crippen molar-refractivity contribution in [3.63, 3.8) is 0 Å². The van der Waals surface area contributed by atoms with Crippen molar-refractivity contribution in [1.82, 2.24) is 30.4 Å². The van der Waals surface area contributed by atoms with Crippen molar-refractivity contribution in [2.24, 2.45) is 11.3 Å². The maximum absolute atomic E-state index is 14.3. The fraction of sp³-hybridized carbons (Fsp3) is 0.500. The summed E-state index contributed by atoms with van der Waals surface area (Å²) in [5.74, 6) is -1.90. The quantitative estimate of drug-likeness (QED) is 0.0535. The van der Waals surface area contributed by atoms with E-state index >= 15 is 0 Å². The number of benzene rings is 2. The molecule has 2 aromatic carbocycles. The summed E-state index contributed by atoms with van der Waals surface area (Å²) in [6, 6.07) is 13.7. The zero-order chi connectivity index (χ0) is 48.0. The number of carbonyl (C=O) groups excluding carboxylic acids is 4. The number of pyridine rings is 1. The second kappa shape index (κ2) is 20.7. The summed E-state index contributed by atoms with van der Waals surface area (Å²) in [4.78, 5) is 80.9. The molecule has 5 atom stereocenters. The second-order valence-electron chi connectivity index (χ2n) is 19.0. The van der Waals surface area contributed by atoms with E-state index in [0.29, 0.717) is 52.3 Å². The van der Waals surface area contributed by atoms with Crippen molar-refractivity contribution in [3.8, 4) is 22.9 Å². The number of ether oxygens (including phenoxy) is 3. The number of allylic oxidation sites excluding steroid dienone is 1. The topological polar surface area (TPSA) is 202 Å². The number of hydrogen-bond donors (Lipinski definition) is 4. The van der Waals surface area contributed by atoms with E-state index < -0.39 is 65.5 Å². The van der Waals surface area contributed by atoms with Crippen molar-refractivity contribution < 1.29 is 43.3 Å². The lowest BCUT2D eigenvalue weighted by Crippen LogP contribution is -2.54. The van der Waals surface area contributed by atoms with E-state index in [-0.39, 0.29) is 37.9 Å². The normalized spacial score (nSPS) is 20.7. The van der Waals surface area contributed by atoms with Crippen LogP contribution in [0.1, 0.15) is 96.0 Å². The van der Waals surface area contributed by atoms with Gasteiger partial charge in [0.05, 0.1) is 31.4 Å². The van der Waals surface area contributed by atoms with Crippen LogP contribution in [0.5, 0.6) is 11.5 Å². The van der Waals surface area contributed by atoms with Crippen LogP contribution in [0.25, 0.3) is 22.3 Å². The molecule has 4 amide bonds. The maximum atomic E-state index is 14.3. The summed E-state index contributed by atoms with van der Waals surface area (Å²) < 4.78 is 18.1. The number of fused-ring (bicyclic) bond motifs is 2. The Morgan fingerprint density at radius 3 is 2.58 bits per heavy atom. The number of nitrogens with one attached hydrogen (secondary N) is 3. The summed E-state index contributed by atoms with van der Waals surface area (Å²) in [6.45, 7) is 12.0. The minimum atomic E-state index is -1.51. The van der Waals surface area contributed by atoms with E-state index in [9.17, 15) is 29.1 Å². The number of nitrogens with zero attached hydrogens (tertiary/aromatic N) is 4. The molecule has 3 aliphatic rings. The number of hydrogen-bond acceptors (Lipinski definition) is 12. The first-order valence-electron chi connectivity index (χ1n) is 23.2. The highest BCUT2D eigenvalue weighted by atomic mass is 32.1. The van der Waals surface area contributed by atoms with Gasteiger partial charge in [0.25, 0.3) is 5.91 Å². The standard InChI is InChI=1S/C50H63N7O9S/c1-8-9-10-11-12-16-32-25-50(32,46(61)62)55-44(59)40-23-34(65-41-24-38(39-29-67-47(54-39)52-30(2)3)53-37-22-33(64-7)18-19-36(37)41)27-57(40)43(58)26-51-48(63)66-42(49(4,5)6)28-56-21-20-31-15-13-14-17-35(31)45(56)60/h12-19,22,24,29-30,32,34,40,42H,8-11,20-21,23,25-28H2,1-7H3,(H,51,63)(H,52,54)(H,55,59)(H,61,62)/b16-12-/t32?,34?,40-,42+,50+/m0/s1. The van der Waals surface area contributed by atoms with Crippen molar-refractivity contribution >= 4 is 57.2 Å². The number of unbranched alkanes of at least 4 members (excludes halogenated alkanes) is 3. The van der Waals surface area contributed by atoms with Gasteiger partial charge in [-0.1, -0.05) is 70.9 Å². The average molecular weight is 938 g/mol. The molecule has 67 heavy (non-hydrogen) atoms. The molecule has 358 valence electrons. The van der Waals surface area contributed by atoms with Gasteiger partial charge in [0, 0.05) is 58.8 Å². The minimum absolute atomic E-state index is 0.0306. The third-order valence-electron chi connectivity index (χ3n) is 12.6. The highest BCUT2D eigenvalue weighted by Crippen LogP contribution is 2.45. The summed E-state index contributed by atoms with van der Waals surface area (Å²) in [5.41, 5.74) is 1.26. The molecule has 2 aromatic heterocycles. The van der Waals surface area contributed by atoms with E-state index in [2.05, 4.69) is 22.9 Å². The lowest BCUT2D eigenvalue weighted by Gasteiger charge is -2.36. The van der Waals surface area contributed by atoms with E-state index in [1.807, 2.05) is 76.4 Å². The summed E-state index contributed by atoms with van der Waals surface area (Å²) in [5, 5.41) is 22.4. The number of aromatic nitrogens is 2. The molecule has 1 saturated heterocycles. The van der Waals surface area contributed by atoms with Gasteiger partial charge >= 0.3 is 12.1 Å². The van der Waals surface area contributed by atoms with Gasteiger partial charge in [-0.2, -0.15) is 0 Å². The summed E-state index contributed by atoms with van der Waals surface area (Å²) in [7, 11) is 1.57. The number of carboxylic acids is 1. The first-order chi connectivity index (χ1) is 32.0. The second-order valence-corrected chi connectivity index (χ2v) is 19.9. The van der Waals surface area contributed by atoms with E-state index in [4.69, 9.17) is 24.2 Å². The predicted octanol–water partition coefficient (Wildman–Crippen LogP) is 7.47. The number of methoxy groups -OCH3 is 1. The Morgan fingerprint density at radius 1 is 1.06 bits per heavy atom. The van der Waals surface area contributed by atoms with Gasteiger partial charge in [0.2, 0.25) is 11.8 Å². The van der Waals surface area contributed by atoms with Gasteiger partial charge in [-0.05, 0) is 63.3 Å². The molecule has 7 rings (SSSR count). The number of alkyl carbamates (subject to hydrolysis) is 1. The van der Waals surface area contributed by atoms with Gasteiger partial charge in [0.1, 0.15) is 47.5 Å². The highest BCUT2D eigenvalue weighted by molar-refractivity contribution is 7.14. The first kappa shape index (κ1) is 48.7. The van der Waals surface area contributed by atoms with Crippen LogP contribution < -0.4 is 25.4 Å². The number of thiazole rings is 1. The molecule has 2 unspecified atom stereocenters. The Kier molecular flexibility index (Phi) is 15.1. The van der Waals surface area contributed by atoms with Gasteiger partial charge in [0.15, 0.2) is 5.13 Å². The molecule has 2 aliphatic heterocycles. The van der Waals surface area contributed by atoms with Crippen LogP contribution in [-0.4, -0.2) is 118 Å². The third-order valence-corrected chi connectivity index (χ3v) is 13.4. The molecule has 4 N–H and O–H groups in total. The predicted molar refractivity (Wildman–Crippen MR) is 256 cm³/mol.